The lowest BCUT2D eigenvalue weighted by Gasteiger charge is -2.19. The minimum Gasteiger partial charge on any atom is -0.507 e. The minimum atomic E-state index is -0.501. The van der Waals surface area contributed by atoms with E-state index < -0.39 is 6.23 Å². The van der Waals surface area contributed by atoms with Crippen LogP contribution in [0.5, 0.6) is 11.6 Å². The predicted octanol–water partition coefficient (Wildman–Crippen LogP) is 5.38. The van der Waals surface area contributed by atoms with Crippen LogP contribution in [0.1, 0.15) is 18.7 Å². The van der Waals surface area contributed by atoms with Crippen molar-refractivity contribution in [2.75, 3.05) is 11.1 Å². The van der Waals surface area contributed by atoms with Crippen molar-refractivity contribution in [2.45, 2.75) is 18.3 Å². The van der Waals surface area contributed by atoms with Gasteiger partial charge in [0.05, 0.1) is 4.47 Å². The van der Waals surface area contributed by atoms with Gasteiger partial charge in [0.1, 0.15) is 5.75 Å². The highest BCUT2D eigenvalue weighted by molar-refractivity contribution is 9.10. The van der Waals surface area contributed by atoms with E-state index in [2.05, 4.69) is 52.4 Å². The van der Waals surface area contributed by atoms with Crippen LogP contribution in [-0.4, -0.2) is 26.0 Å². The average molecular weight is 510 g/mol. The molecule has 2 aromatic carbocycles. The van der Waals surface area contributed by atoms with Crippen LogP contribution >= 0.6 is 43.6 Å². The van der Waals surface area contributed by atoms with Crippen molar-refractivity contribution in [3.63, 3.8) is 0 Å². The third kappa shape index (κ3) is 3.76. The van der Waals surface area contributed by atoms with Gasteiger partial charge in [-0.25, -0.2) is 0 Å². The first kappa shape index (κ1) is 18.5. The number of nitrogens with zero attached hydrogens (tertiary/aromatic N) is 3. The molecule has 3 aromatic rings. The van der Waals surface area contributed by atoms with E-state index in [1.54, 1.807) is 12.1 Å². The number of benzene rings is 2. The van der Waals surface area contributed by atoms with Crippen molar-refractivity contribution in [3.8, 4) is 22.9 Å². The fourth-order valence-electron chi connectivity index (χ4n) is 2.70. The molecule has 0 unspecified atom stereocenters. The molecule has 9 heteroatoms. The molecule has 1 aromatic heterocycles. The van der Waals surface area contributed by atoms with Crippen LogP contribution in [0.15, 0.2) is 50.5 Å². The van der Waals surface area contributed by atoms with Crippen molar-refractivity contribution in [1.82, 2.24) is 15.2 Å². The van der Waals surface area contributed by atoms with Crippen LogP contribution in [0.3, 0.4) is 0 Å². The Balaban J connectivity index is 1.85. The predicted molar refractivity (Wildman–Crippen MR) is 112 cm³/mol. The first-order valence-electron chi connectivity index (χ1n) is 8.14. The molecule has 27 heavy (non-hydrogen) atoms. The molecule has 1 atom stereocenters. The van der Waals surface area contributed by atoms with Gasteiger partial charge >= 0.3 is 0 Å². The summed E-state index contributed by atoms with van der Waals surface area (Å²) in [5.74, 6) is 1.43. The van der Waals surface area contributed by atoms with E-state index in [0.29, 0.717) is 21.2 Å². The number of aromatic nitrogens is 3. The molecule has 0 spiro atoms. The topological polar surface area (TPSA) is 80.2 Å². The molecule has 4 rings (SSSR count). The van der Waals surface area contributed by atoms with E-state index in [0.717, 1.165) is 27.0 Å². The molecule has 0 aliphatic carbocycles. The number of anilines is 1. The molecular formula is C18H14Br2N4O2S. The molecule has 1 aliphatic rings. The standard InChI is InChI=1S/C18H14Br2N4O2S/c1-2-27-18-22-17-15(23-24-18)11-8-10(19)4-5-13(11)21-16(26-17)9-3-6-14(25)12(20)7-9/h3-8,16,21,25H,2H2,1H3/t16-/m0/s1. The average Bonchev–Trinajstić information content (AvgIpc) is 2.80. The molecule has 0 amide bonds. The molecule has 0 saturated heterocycles. The van der Waals surface area contributed by atoms with Crippen molar-refractivity contribution < 1.29 is 9.84 Å². The van der Waals surface area contributed by atoms with Crippen molar-refractivity contribution in [1.29, 1.82) is 0 Å². The monoisotopic (exact) mass is 508 g/mol. The summed E-state index contributed by atoms with van der Waals surface area (Å²) < 4.78 is 7.71. The number of fused-ring (bicyclic) bond motifs is 3. The lowest BCUT2D eigenvalue weighted by Crippen LogP contribution is -2.17. The quantitative estimate of drug-likeness (QED) is 0.458. The van der Waals surface area contributed by atoms with Gasteiger partial charge in [-0.1, -0.05) is 34.6 Å². The van der Waals surface area contributed by atoms with Gasteiger partial charge < -0.3 is 15.2 Å². The van der Waals surface area contributed by atoms with E-state index in [1.165, 1.54) is 11.8 Å². The highest BCUT2D eigenvalue weighted by Gasteiger charge is 2.26. The molecule has 0 fully saturated rings. The van der Waals surface area contributed by atoms with E-state index in [1.807, 2.05) is 31.2 Å². The van der Waals surface area contributed by atoms with Crippen molar-refractivity contribution in [3.05, 3.63) is 50.9 Å². The fourth-order valence-corrected chi connectivity index (χ4v) is 3.96. The summed E-state index contributed by atoms with van der Waals surface area (Å²) in [6.45, 7) is 2.03. The summed E-state index contributed by atoms with van der Waals surface area (Å²) in [7, 11) is 0. The Morgan fingerprint density at radius 1 is 1.19 bits per heavy atom. The summed E-state index contributed by atoms with van der Waals surface area (Å²) in [5, 5.41) is 22.3. The zero-order chi connectivity index (χ0) is 19.0. The molecule has 6 nitrogen and oxygen atoms in total. The van der Waals surface area contributed by atoms with Crippen LogP contribution in [0, 0.1) is 0 Å². The summed E-state index contributed by atoms with van der Waals surface area (Å²) >= 11 is 8.37. The van der Waals surface area contributed by atoms with Crippen LogP contribution in [-0.2, 0) is 0 Å². The normalized spacial score (nSPS) is 15.1. The SMILES string of the molecule is CCSc1nnc2c(n1)O[C@@H](c1ccc(O)c(Br)c1)Nc1ccc(Br)cc1-2. The Labute approximate surface area is 177 Å². The number of ether oxygens (including phenoxy) is 1. The van der Waals surface area contributed by atoms with Crippen molar-refractivity contribution >= 4 is 49.3 Å². The summed E-state index contributed by atoms with van der Waals surface area (Å²) in [6, 6.07) is 11.1. The lowest BCUT2D eigenvalue weighted by atomic mass is 10.1. The molecule has 0 radical (unpaired) electrons. The first-order chi connectivity index (χ1) is 13.0. The van der Waals surface area contributed by atoms with Gasteiger partial charge in [-0.3, -0.25) is 0 Å². The Bertz CT molecular complexity index is 1020. The van der Waals surface area contributed by atoms with Gasteiger partial charge in [-0.2, -0.15) is 4.98 Å². The smallest absolute Gasteiger partial charge is 0.247 e. The summed E-state index contributed by atoms with van der Waals surface area (Å²) in [6.07, 6.45) is -0.501. The number of phenolic OH excluding ortho intramolecular Hbond substituents is 1. The van der Waals surface area contributed by atoms with Gasteiger partial charge in [-0.05, 0) is 58.1 Å². The lowest BCUT2D eigenvalue weighted by molar-refractivity contribution is 0.225. The van der Waals surface area contributed by atoms with Crippen LogP contribution < -0.4 is 10.1 Å². The van der Waals surface area contributed by atoms with Gasteiger partial charge in [0.2, 0.25) is 11.0 Å². The molecule has 0 saturated carbocycles. The van der Waals surface area contributed by atoms with E-state index >= 15 is 0 Å². The molecule has 0 bridgehead atoms. The number of thioether (sulfide) groups is 1. The van der Waals surface area contributed by atoms with Gasteiger partial charge in [0.15, 0.2) is 11.9 Å². The molecule has 138 valence electrons. The molecule has 2 heterocycles. The number of nitrogens with one attached hydrogen (secondary N) is 1. The summed E-state index contributed by atoms with van der Waals surface area (Å²) in [5.41, 5.74) is 3.13. The Kier molecular flexibility index (Phi) is 5.25. The highest BCUT2D eigenvalue weighted by Crippen LogP contribution is 2.41. The third-order valence-corrected chi connectivity index (χ3v) is 5.78. The number of halogens is 2. The maximum atomic E-state index is 9.79. The van der Waals surface area contributed by atoms with Gasteiger partial charge in [-0.15, -0.1) is 10.2 Å². The zero-order valence-corrected chi connectivity index (χ0v) is 18.1. The maximum Gasteiger partial charge on any atom is 0.247 e. The molecule has 1 aliphatic heterocycles. The maximum absolute atomic E-state index is 9.79. The Morgan fingerprint density at radius 3 is 2.81 bits per heavy atom. The number of hydrogen-bond donors (Lipinski definition) is 2. The van der Waals surface area contributed by atoms with E-state index in [4.69, 9.17) is 4.74 Å². The molecular weight excluding hydrogens is 496 g/mol. The van der Waals surface area contributed by atoms with Crippen LogP contribution in [0.2, 0.25) is 0 Å². The third-order valence-electron chi connectivity index (χ3n) is 3.94. The fraction of sp³-hybridized carbons (Fsp3) is 0.167. The van der Waals surface area contributed by atoms with E-state index in [-0.39, 0.29) is 5.75 Å². The van der Waals surface area contributed by atoms with Crippen LogP contribution in [0.25, 0.3) is 11.3 Å². The highest BCUT2D eigenvalue weighted by atomic mass is 79.9. The second-order valence-corrected chi connectivity index (χ2v) is 8.73. The number of aromatic hydroxyl groups is 1. The minimum absolute atomic E-state index is 0.169. The number of rotatable bonds is 3. The Morgan fingerprint density at radius 2 is 2.04 bits per heavy atom. The summed E-state index contributed by atoms with van der Waals surface area (Å²) in [4.78, 5) is 4.56. The van der Waals surface area contributed by atoms with Gasteiger partial charge in [0.25, 0.3) is 0 Å². The van der Waals surface area contributed by atoms with Crippen molar-refractivity contribution in [2.24, 2.45) is 0 Å². The van der Waals surface area contributed by atoms with E-state index in [9.17, 15) is 5.11 Å². The largest absolute Gasteiger partial charge is 0.507 e. The number of phenols is 1. The van der Waals surface area contributed by atoms with Crippen LogP contribution in [0.4, 0.5) is 5.69 Å². The Hall–Kier alpha value is -1.84. The zero-order valence-electron chi connectivity index (χ0n) is 14.1. The second-order valence-electron chi connectivity index (χ2n) is 5.72. The first-order valence-corrected chi connectivity index (χ1v) is 10.7. The second kappa shape index (κ2) is 7.65. The number of hydrogen-bond acceptors (Lipinski definition) is 7. The molecule has 2 N–H and O–H groups in total. The van der Waals surface area contributed by atoms with Gasteiger partial charge in [0, 0.05) is 21.3 Å².